The lowest BCUT2D eigenvalue weighted by Gasteiger charge is -2.05. The van der Waals surface area contributed by atoms with Gasteiger partial charge in [0.15, 0.2) is 0 Å². The number of rotatable bonds is 6. The van der Waals surface area contributed by atoms with Gasteiger partial charge in [-0.15, -0.1) is 0 Å². The molecule has 1 aromatic rings. The molecule has 1 aromatic carbocycles. The van der Waals surface area contributed by atoms with E-state index in [9.17, 15) is 13.8 Å². The van der Waals surface area contributed by atoms with Gasteiger partial charge < -0.3 is 10.1 Å². The van der Waals surface area contributed by atoms with E-state index in [-0.39, 0.29) is 18.3 Å². The quantitative estimate of drug-likeness (QED) is 0.627. The molecule has 1 amide bonds. The number of hydrogen-bond donors (Lipinski definition) is 1. The summed E-state index contributed by atoms with van der Waals surface area (Å²) in [4.78, 5) is 23.3. The average Bonchev–Trinajstić information content (AvgIpc) is 2.43. The van der Waals surface area contributed by atoms with Crippen molar-refractivity contribution in [1.82, 2.24) is 5.32 Å². The zero-order valence-corrected chi connectivity index (χ0v) is 11.8. The Balaban J connectivity index is 2.41. The van der Waals surface area contributed by atoms with Crippen molar-refractivity contribution in [3.63, 3.8) is 0 Å². The maximum atomic E-state index is 11.7. The van der Waals surface area contributed by atoms with E-state index < -0.39 is 10.8 Å². The molecule has 0 saturated heterocycles. The lowest BCUT2D eigenvalue weighted by molar-refractivity contribution is -0.140. The number of methoxy groups -OCH3 is 1. The number of amides is 1. The van der Waals surface area contributed by atoms with E-state index in [1.165, 1.54) is 7.11 Å². The third-order valence-corrected chi connectivity index (χ3v) is 3.46. The summed E-state index contributed by atoms with van der Waals surface area (Å²) in [6.45, 7) is 0.412. The topological polar surface area (TPSA) is 72.5 Å². The molecular formula is C13H17NO4S. The third kappa shape index (κ3) is 5.21. The number of carbonyl (C=O) groups excluding carboxylic acids is 2. The largest absolute Gasteiger partial charge is 0.469 e. The van der Waals surface area contributed by atoms with E-state index in [0.29, 0.717) is 23.4 Å². The summed E-state index contributed by atoms with van der Waals surface area (Å²) in [5.41, 5.74) is 0.507. The van der Waals surface area contributed by atoms with Crippen molar-refractivity contribution in [2.24, 2.45) is 0 Å². The summed E-state index contributed by atoms with van der Waals surface area (Å²) in [6, 6.07) is 6.59. The summed E-state index contributed by atoms with van der Waals surface area (Å²) >= 11 is 0. The molecule has 104 valence electrons. The van der Waals surface area contributed by atoms with Crippen LogP contribution < -0.4 is 5.32 Å². The standard InChI is InChI=1S/C13H17NO4S/c1-18-12(15)4-3-9-14-13(16)10-5-7-11(8-6-10)19(2)17/h5-8H,3-4,9H2,1-2H3,(H,14,16). The fourth-order valence-electron chi connectivity index (χ4n) is 1.44. The van der Waals surface area contributed by atoms with E-state index in [2.05, 4.69) is 10.1 Å². The predicted octanol–water partition coefficient (Wildman–Crippen LogP) is 1.11. The first-order valence-corrected chi connectivity index (χ1v) is 7.39. The second-order valence-corrected chi connectivity index (χ2v) is 5.29. The van der Waals surface area contributed by atoms with E-state index in [4.69, 9.17) is 0 Å². The Bertz CT molecular complexity index is 470. The molecule has 1 N–H and O–H groups in total. The Labute approximate surface area is 114 Å². The van der Waals surface area contributed by atoms with Gasteiger partial charge in [-0.25, -0.2) is 0 Å². The van der Waals surface area contributed by atoms with Crippen LogP contribution in [0.3, 0.4) is 0 Å². The molecule has 0 aliphatic carbocycles. The summed E-state index contributed by atoms with van der Waals surface area (Å²) in [5, 5.41) is 2.70. The first kappa shape index (κ1) is 15.4. The molecule has 0 spiro atoms. The monoisotopic (exact) mass is 283 g/mol. The minimum Gasteiger partial charge on any atom is -0.469 e. The zero-order chi connectivity index (χ0) is 14.3. The Hall–Kier alpha value is -1.69. The fourth-order valence-corrected chi connectivity index (χ4v) is 1.96. The van der Waals surface area contributed by atoms with Gasteiger partial charge in [-0.05, 0) is 30.7 Å². The summed E-state index contributed by atoms with van der Waals surface area (Å²) in [6.07, 6.45) is 2.40. The molecule has 0 aliphatic heterocycles. The molecule has 0 saturated carbocycles. The number of carbonyl (C=O) groups is 2. The maximum absolute atomic E-state index is 11.7. The molecule has 6 heteroatoms. The minimum atomic E-state index is -1.05. The van der Waals surface area contributed by atoms with E-state index in [1.807, 2.05) is 0 Å². The van der Waals surface area contributed by atoms with Crippen molar-refractivity contribution in [2.45, 2.75) is 17.7 Å². The number of ether oxygens (including phenoxy) is 1. The lowest BCUT2D eigenvalue weighted by atomic mass is 10.2. The van der Waals surface area contributed by atoms with Crippen molar-refractivity contribution in [1.29, 1.82) is 0 Å². The molecule has 1 unspecified atom stereocenters. The van der Waals surface area contributed by atoms with Crippen LogP contribution in [0.4, 0.5) is 0 Å². The van der Waals surface area contributed by atoms with E-state index in [0.717, 1.165) is 0 Å². The predicted molar refractivity (Wildman–Crippen MR) is 72.4 cm³/mol. The van der Waals surface area contributed by atoms with Crippen LogP contribution >= 0.6 is 0 Å². The number of esters is 1. The number of hydrogen-bond acceptors (Lipinski definition) is 4. The van der Waals surface area contributed by atoms with Crippen molar-refractivity contribution < 1.29 is 18.5 Å². The van der Waals surface area contributed by atoms with Gasteiger partial charge in [0, 0.05) is 40.5 Å². The lowest BCUT2D eigenvalue weighted by Crippen LogP contribution is -2.24. The van der Waals surface area contributed by atoms with Crippen LogP contribution in [0.1, 0.15) is 23.2 Å². The molecule has 0 aliphatic rings. The average molecular weight is 283 g/mol. The first-order valence-electron chi connectivity index (χ1n) is 5.83. The van der Waals surface area contributed by atoms with Gasteiger partial charge in [-0.2, -0.15) is 0 Å². The number of benzene rings is 1. The molecule has 0 aromatic heterocycles. The van der Waals surface area contributed by atoms with Crippen LogP contribution in [0.5, 0.6) is 0 Å². The zero-order valence-electron chi connectivity index (χ0n) is 11.0. The smallest absolute Gasteiger partial charge is 0.305 e. The highest BCUT2D eigenvalue weighted by molar-refractivity contribution is 7.84. The highest BCUT2D eigenvalue weighted by Gasteiger charge is 2.06. The van der Waals surface area contributed by atoms with Gasteiger partial charge in [0.05, 0.1) is 7.11 Å². The van der Waals surface area contributed by atoms with Crippen molar-refractivity contribution in [3.8, 4) is 0 Å². The summed E-state index contributed by atoms with van der Waals surface area (Å²) in [7, 11) is 0.287. The van der Waals surface area contributed by atoms with Crippen LogP contribution in [-0.2, 0) is 20.3 Å². The second-order valence-electron chi connectivity index (χ2n) is 3.91. The molecule has 5 nitrogen and oxygen atoms in total. The van der Waals surface area contributed by atoms with Crippen LogP contribution in [0, 0.1) is 0 Å². The Morgan fingerprint density at radius 2 is 1.89 bits per heavy atom. The normalized spacial score (nSPS) is 11.7. The molecule has 0 bridgehead atoms. The highest BCUT2D eigenvalue weighted by atomic mass is 32.2. The number of nitrogens with one attached hydrogen (secondary N) is 1. The van der Waals surface area contributed by atoms with Gasteiger partial charge in [-0.1, -0.05) is 0 Å². The Kier molecular flexibility index (Phi) is 6.21. The SMILES string of the molecule is COC(=O)CCCNC(=O)c1ccc(S(C)=O)cc1. The highest BCUT2D eigenvalue weighted by Crippen LogP contribution is 2.07. The van der Waals surface area contributed by atoms with Gasteiger partial charge in [0.2, 0.25) is 0 Å². The third-order valence-electron chi connectivity index (χ3n) is 2.52. The van der Waals surface area contributed by atoms with Gasteiger partial charge in [-0.3, -0.25) is 13.8 Å². The second kappa shape index (κ2) is 7.68. The Morgan fingerprint density at radius 1 is 1.26 bits per heavy atom. The van der Waals surface area contributed by atoms with E-state index >= 15 is 0 Å². The van der Waals surface area contributed by atoms with Crippen molar-refractivity contribution in [2.75, 3.05) is 19.9 Å². The molecule has 0 heterocycles. The van der Waals surface area contributed by atoms with Gasteiger partial charge >= 0.3 is 5.97 Å². The van der Waals surface area contributed by atoms with E-state index in [1.54, 1.807) is 30.5 Å². The fraction of sp³-hybridized carbons (Fsp3) is 0.385. The van der Waals surface area contributed by atoms with Gasteiger partial charge in [0.25, 0.3) is 5.91 Å². The Morgan fingerprint density at radius 3 is 2.42 bits per heavy atom. The molecular weight excluding hydrogens is 266 g/mol. The van der Waals surface area contributed by atoms with Crippen LogP contribution in [0.15, 0.2) is 29.2 Å². The van der Waals surface area contributed by atoms with Gasteiger partial charge in [0.1, 0.15) is 0 Å². The molecule has 1 rings (SSSR count). The molecule has 0 fully saturated rings. The summed E-state index contributed by atoms with van der Waals surface area (Å²) < 4.78 is 15.7. The van der Waals surface area contributed by atoms with Crippen LogP contribution in [-0.4, -0.2) is 36.0 Å². The minimum absolute atomic E-state index is 0.210. The van der Waals surface area contributed by atoms with Crippen molar-refractivity contribution >= 4 is 22.7 Å². The van der Waals surface area contributed by atoms with Crippen LogP contribution in [0.2, 0.25) is 0 Å². The molecule has 19 heavy (non-hydrogen) atoms. The van der Waals surface area contributed by atoms with Crippen LogP contribution in [0.25, 0.3) is 0 Å². The molecule has 0 radical (unpaired) electrons. The molecule has 1 atom stereocenters. The van der Waals surface area contributed by atoms with Crippen molar-refractivity contribution in [3.05, 3.63) is 29.8 Å². The summed E-state index contributed by atoms with van der Waals surface area (Å²) in [5.74, 6) is -0.498. The maximum Gasteiger partial charge on any atom is 0.305 e. The first-order chi connectivity index (χ1) is 9.04.